The number of aromatic amines is 1. The normalized spacial score (nSPS) is 10.5. The molecule has 0 atom stereocenters. The summed E-state index contributed by atoms with van der Waals surface area (Å²) in [6.07, 6.45) is 0. The number of nitrogens with zero attached hydrogens (tertiary/aromatic N) is 3. The molecule has 0 spiro atoms. The Labute approximate surface area is 184 Å². The van der Waals surface area contributed by atoms with Crippen LogP contribution in [0.25, 0.3) is 10.9 Å². The number of rotatable bonds is 7. The third-order valence-electron chi connectivity index (χ3n) is 4.92. The molecule has 1 heterocycles. The highest BCUT2D eigenvalue weighted by Crippen LogP contribution is 2.14. The number of nitrogens with one attached hydrogen (secondary N) is 1. The Hall–Kier alpha value is -4.44. The summed E-state index contributed by atoms with van der Waals surface area (Å²) in [6, 6.07) is 25.3. The average molecular weight is 424 g/mol. The Bertz CT molecular complexity index is 1330. The number of benzene rings is 3. The molecular weight excluding hydrogens is 404 g/mol. The number of aromatic nitrogens is 2. The highest BCUT2D eigenvalue weighted by molar-refractivity contribution is 5.78. The molecule has 32 heavy (non-hydrogen) atoms. The van der Waals surface area contributed by atoms with Crippen LogP contribution in [0.4, 0.5) is 0 Å². The van der Waals surface area contributed by atoms with E-state index in [1.807, 2.05) is 42.5 Å². The molecule has 158 valence electrons. The van der Waals surface area contributed by atoms with Gasteiger partial charge < -0.3 is 14.6 Å². The molecule has 4 rings (SSSR count). The smallest absolute Gasteiger partial charge is 0.261 e. The first-order valence-electron chi connectivity index (χ1n) is 10.0. The summed E-state index contributed by atoms with van der Waals surface area (Å²) in [5, 5.41) is 9.40. The maximum absolute atomic E-state index is 13.0. The lowest BCUT2D eigenvalue weighted by Crippen LogP contribution is -2.35. The van der Waals surface area contributed by atoms with E-state index in [1.54, 1.807) is 47.4 Å². The van der Waals surface area contributed by atoms with E-state index in [4.69, 9.17) is 10.00 Å². The van der Waals surface area contributed by atoms with Gasteiger partial charge in [0.1, 0.15) is 11.6 Å². The monoisotopic (exact) mass is 424 g/mol. The van der Waals surface area contributed by atoms with Crippen LogP contribution < -0.4 is 10.3 Å². The van der Waals surface area contributed by atoms with Gasteiger partial charge in [-0.15, -0.1) is 0 Å². The van der Waals surface area contributed by atoms with Gasteiger partial charge in [-0.25, -0.2) is 4.98 Å². The van der Waals surface area contributed by atoms with Crippen LogP contribution in [0.2, 0.25) is 0 Å². The Kier molecular flexibility index (Phi) is 6.23. The van der Waals surface area contributed by atoms with E-state index in [0.717, 1.165) is 5.56 Å². The van der Waals surface area contributed by atoms with Crippen molar-refractivity contribution in [2.45, 2.75) is 13.1 Å². The molecule has 0 fully saturated rings. The average Bonchev–Trinajstić information content (AvgIpc) is 2.83. The van der Waals surface area contributed by atoms with Gasteiger partial charge in [0.25, 0.3) is 11.5 Å². The minimum absolute atomic E-state index is 0.129. The molecule has 1 amide bonds. The maximum atomic E-state index is 13.0. The van der Waals surface area contributed by atoms with E-state index in [0.29, 0.717) is 34.6 Å². The molecule has 1 N–H and O–H groups in total. The molecule has 0 aliphatic rings. The van der Waals surface area contributed by atoms with Crippen LogP contribution in [0.3, 0.4) is 0 Å². The van der Waals surface area contributed by atoms with Crippen molar-refractivity contribution in [2.75, 3.05) is 6.61 Å². The first-order chi connectivity index (χ1) is 15.6. The second kappa shape index (κ2) is 9.58. The van der Waals surface area contributed by atoms with Crippen molar-refractivity contribution in [1.82, 2.24) is 14.9 Å². The Morgan fingerprint density at radius 3 is 2.44 bits per heavy atom. The standard InChI is InChI=1S/C25H20N4O3/c26-14-18-10-12-20(13-11-18)32-17-24(30)29(15-19-6-2-1-3-7-19)16-23-27-22-9-5-4-8-21(22)25(31)28-23/h1-13H,15-17H2,(H,27,28,31). The highest BCUT2D eigenvalue weighted by Gasteiger charge is 2.17. The summed E-state index contributed by atoms with van der Waals surface area (Å²) in [5.41, 5.74) is 1.79. The topological polar surface area (TPSA) is 99.1 Å². The minimum atomic E-state index is -0.256. The Balaban J connectivity index is 1.54. The number of H-pyrrole nitrogens is 1. The SMILES string of the molecule is N#Cc1ccc(OCC(=O)N(Cc2ccccc2)Cc2nc3ccccc3c(=O)[nH]2)cc1. The third-order valence-corrected chi connectivity index (χ3v) is 4.92. The van der Waals surface area contributed by atoms with Crippen molar-refractivity contribution in [2.24, 2.45) is 0 Å². The van der Waals surface area contributed by atoms with Gasteiger partial charge in [-0.2, -0.15) is 5.26 Å². The van der Waals surface area contributed by atoms with Crippen LogP contribution in [0, 0.1) is 11.3 Å². The van der Waals surface area contributed by atoms with Gasteiger partial charge in [-0.05, 0) is 42.0 Å². The fourth-order valence-corrected chi connectivity index (χ4v) is 3.29. The summed E-state index contributed by atoms with van der Waals surface area (Å²) >= 11 is 0. The molecule has 3 aromatic carbocycles. The number of amides is 1. The number of carbonyl (C=O) groups is 1. The fraction of sp³-hybridized carbons (Fsp3) is 0.120. The van der Waals surface area contributed by atoms with Gasteiger partial charge >= 0.3 is 0 Å². The quantitative estimate of drug-likeness (QED) is 0.490. The van der Waals surface area contributed by atoms with Crippen LogP contribution >= 0.6 is 0 Å². The minimum Gasteiger partial charge on any atom is -0.484 e. The van der Waals surface area contributed by atoms with Crippen molar-refractivity contribution >= 4 is 16.8 Å². The van der Waals surface area contributed by atoms with E-state index in [-0.39, 0.29) is 24.6 Å². The van der Waals surface area contributed by atoms with E-state index >= 15 is 0 Å². The summed E-state index contributed by atoms with van der Waals surface area (Å²) in [4.78, 5) is 34.3. The van der Waals surface area contributed by atoms with Gasteiger partial charge in [0.05, 0.1) is 29.1 Å². The summed E-state index contributed by atoms with van der Waals surface area (Å²) in [6.45, 7) is 0.286. The molecule has 0 aliphatic heterocycles. The molecule has 0 radical (unpaired) electrons. The molecule has 0 unspecified atom stereocenters. The number of hydrogen-bond acceptors (Lipinski definition) is 5. The molecule has 1 aromatic heterocycles. The first kappa shape index (κ1) is 20.8. The molecule has 0 saturated heterocycles. The fourth-order valence-electron chi connectivity index (χ4n) is 3.29. The van der Waals surface area contributed by atoms with E-state index in [9.17, 15) is 9.59 Å². The second-order valence-electron chi connectivity index (χ2n) is 7.19. The molecule has 0 bridgehead atoms. The number of para-hydroxylation sites is 1. The number of hydrogen-bond donors (Lipinski definition) is 1. The second-order valence-corrected chi connectivity index (χ2v) is 7.19. The third kappa shape index (κ3) is 4.99. The van der Waals surface area contributed by atoms with Crippen molar-refractivity contribution in [3.8, 4) is 11.8 Å². The van der Waals surface area contributed by atoms with Gasteiger partial charge in [0, 0.05) is 6.54 Å². The lowest BCUT2D eigenvalue weighted by Gasteiger charge is -2.22. The van der Waals surface area contributed by atoms with E-state index < -0.39 is 0 Å². The highest BCUT2D eigenvalue weighted by atomic mass is 16.5. The van der Waals surface area contributed by atoms with Crippen molar-refractivity contribution < 1.29 is 9.53 Å². The zero-order valence-corrected chi connectivity index (χ0v) is 17.2. The largest absolute Gasteiger partial charge is 0.484 e. The predicted molar refractivity (Wildman–Crippen MR) is 120 cm³/mol. The van der Waals surface area contributed by atoms with Gasteiger partial charge in [-0.3, -0.25) is 9.59 Å². The van der Waals surface area contributed by atoms with Crippen LogP contribution in [0.5, 0.6) is 5.75 Å². The van der Waals surface area contributed by atoms with E-state index in [2.05, 4.69) is 9.97 Å². The number of fused-ring (bicyclic) bond motifs is 1. The molecule has 4 aromatic rings. The van der Waals surface area contributed by atoms with Gasteiger partial charge in [0.2, 0.25) is 0 Å². The first-order valence-corrected chi connectivity index (χ1v) is 10.0. The van der Waals surface area contributed by atoms with Crippen molar-refractivity contribution in [1.29, 1.82) is 5.26 Å². The Morgan fingerprint density at radius 2 is 1.69 bits per heavy atom. The van der Waals surface area contributed by atoms with Crippen molar-refractivity contribution in [3.63, 3.8) is 0 Å². The van der Waals surface area contributed by atoms with Gasteiger partial charge in [0.15, 0.2) is 6.61 Å². The summed E-state index contributed by atoms with van der Waals surface area (Å²) in [7, 11) is 0. The van der Waals surface area contributed by atoms with Crippen LogP contribution in [-0.4, -0.2) is 27.4 Å². The van der Waals surface area contributed by atoms with Gasteiger partial charge in [-0.1, -0.05) is 42.5 Å². The molecular formula is C25H20N4O3. The lowest BCUT2D eigenvalue weighted by molar-refractivity contribution is -0.134. The molecule has 0 saturated carbocycles. The van der Waals surface area contributed by atoms with Crippen LogP contribution in [0.15, 0.2) is 83.7 Å². The predicted octanol–water partition coefficient (Wildman–Crippen LogP) is 3.40. The number of nitriles is 1. The molecule has 7 nitrogen and oxygen atoms in total. The zero-order valence-electron chi connectivity index (χ0n) is 17.2. The zero-order chi connectivity index (χ0) is 22.3. The number of ether oxygens (including phenoxy) is 1. The maximum Gasteiger partial charge on any atom is 0.261 e. The molecule has 0 aliphatic carbocycles. The van der Waals surface area contributed by atoms with Crippen LogP contribution in [0.1, 0.15) is 17.0 Å². The number of carbonyl (C=O) groups excluding carboxylic acids is 1. The summed E-state index contributed by atoms with van der Waals surface area (Å²) in [5.74, 6) is 0.639. The summed E-state index contributed by atoms with van der Waals surface area (Å²) < 4.78 is 5.62. The van der Waals surface area contributed by atoms with E-state index in [1.165, 1.54) is 0 Å². The van der Waals surface area contributed by atoms with Crippen LogP contribution in [-0.2, 0) is 17.9 Å². The van der Waals surface area contributed by atoms with Crippen molar-refractivity contribution in [3.05, 3.63) is 106 Å². The lowest BCUT2D eigenvalue weighted by atomic mass is 10.2. The Morgan fingerprint density at radius 1 is 0.969 bits per heavy atom. The molecule has 7 heteroatoms.